The molecule has 0 fully saturated rings. The molecule has 1 heterocycles. The van der Waals surface area contributed by atoms with Crippen LogP contribution in [0.5, 0.6) is 0 Å². The molecule has 1 aliphatic heterocycles. The molecule has 0 unspecified atom stereocenters. The lowest BCUT2D eigenvalue weighted by Crippen LogP contribution is -2.24. The van der Waals surface area contributed by atoms with Crippen molar-refractivity contribution < 1.29 is 4.79 Å². The fourth-order valence-electron chi connectivity index (χ4n) is 2.44. The van der Waals surface area contributed by atoms with Gasteiger partial charge in [-0.2, -0.15) is 0 Å². The molecule has 0 bridgehead atoms. The number of amides is 1. The third-order valence-electron chi connectivity index (χ3n) is 3.50. The Bertz CT molecular complexity index is 652. The van der Waals surface area contributed by atoms with E-state index in [0.29, 0.717) is 16.9 Å². The van der Waals surface area contributed by atoms with E-state index in [1.54, 1.807) is 12.1 Å². The van der Waals surface area contributed by atoms with Gasteiger partial charge in [0, 0.05) is 23.5 Å². The van der Waals surface area contributed by atoms with Crippen molar-refractivity contribution in [2.24, 2.45) is 0 Å². The number of benzene rings is 2. The Morgan fingerprint density at radius 3 is 2.90 bits per heavy atom. The van der Waals surface area contributed by atoms with E-state index in [1.165, 1.54) is 11.1 Å². The van der Waals surface area contributed by atoms with Crippen molar-refractivity contribution in [3.8, 4) is 0 Å². The van der Waals surface area contributed by atoms with Crippen LogP contribution in [0.25, 0.3) is 0 Å². The molecule has 0 spiro atoms. The van der Waals surface area contributed by atoms with Crippen molar-refractivity contribution in [3.63, 3.8) is 0 Å². The molecule has 0 saturated heterocycles. The number of anilines is 2. The number of nitrogen functional groups attached to an aromatic ring is 1. The van der Waals surface area contributed by atoms with Gasteiger partial charge in [0.15, 0.2) is 0 Å². The number of nitrogens with two attached hydrogens (primary N) is 1. The summed E-state index contributed by atoms with van der Waals surface area (Å²) in [6, 6.07) is 13.1. The van der Waals surface area contributed by atoms with Gasteiger partial charge < -0.3 is 16.4 Å². The fourth-order valence-corrected chi connectivity index (χ4v) is 2.44. The average Bonchev–Trinajstić information content (AvgIpc) is 2.47. The van der Waals surface area contributed by atoms with Gasteiger partial charge in [-0.05, 0) is 54.4 Å². The van der Waals surface area contributed by atoms with Crippen molar-refractivity contribution >= 4 is 17.3 Å². The third-order valence-corrected chi connectivity index (χ3v) is 3.50. The number of carbonyl (C=O) groups is 1. The second-order valence-corrected chi connectivity index (χ2v) is 4.99. The van der Waals surface area contributed by atoms with Crippen molar-refractivity contribution in [2.75, 3.05) is 17.6 Å². The number of carbonyl (C=O) groups excluding carboxylic acids is 1. The first kappa shape index (κ1) is 12.7. The Kier molecular flexibility index (Phi) is 3.39. The van der Waals surface area contributed by atoms with Crippen LogP contribution in [-0.4, -0.2) is 12.5 Å². The lowest BCUT2D eigenvalue weighted by Gasteiger charge is -2.17. The van der Waals surface area contributed by atoms with Crippen LogP contribution in [0.2, 0.25) is 0 Å². The quantitative estimate of drug-likeness (QED) is 0.730. The monoisotopic (exact) mass is 267 g/mol. The molecule has 2 aromatic carbocycles. The summed E-state index contributed by atoms with van der Waals surface area (Å²) in [6.07, 6.45) is 1.02. The van der Waals surface area contributed by atoms with Gasteiger partial charge in [-0.1, -0.05) is 12.1 Å². The summed E-state index contributed by atoms with van der Waals surface area (Å²) in [6.45, 7) is 1.83. The van der Waals surface area contributed by atoms with Gasteiger partial charge in [0.1, 0.15) is 0 Å². The fraction of sp³-hybridized carbons (Fsp3) is 0.188. The van der Waals surface area contributed by atoms with Crippen LogP contribution in [0.4, 0.5) is 11.4 Å². The van der Waals surface area contributed by atoms with Gasteiger partial charge in [0.25, 0.3) is 5.91 Å². The first-order chi connectivity index (χ1) is 9.72. The Hall–Kier alpha value is -2.33. The van der Waals surface area contributed by atoms with E-state index in [9.17, 15) is 4.79 Å². The molecule has 0 radical (unpaired) electrons. The van der Waals surface area contributed by atoms with Gasteiger partial charge in [-0.15, -0.1) is 0 Å². The molecular weight excluding hydrogens is 250 g/mol. The van der Waals surface area contributed by atoms with Crippen LogP contribution in [0.1, 0.15) is 21.5 Å². The number of hydrogen-bond acceptors (Lipinski definition) is 3. The van der Waals surface area contributed by atoms with Gasteiger partial charge in [0.05, 0.1) is 0 Å². The summed E-state index contributed by atoms with van der Waals surface area (Å²) in [5, 5.41) is 6.18. The smallest absolute Gasteiger partial charge is 0.255 e. The molecule has 0 aliphatic carbocycles. The number of hydrogen-bond donors (Lipinski definition) is 3. The Labute approximate surface area is 118 Å². The van der Waals surface area contributed by atoms with Crippen molar-refractivity contribution in [3.05, 3.63) is 59.2 Å². The van der Waals surface area contributed by atoms with E-state index >= 15 is 0 Å². The molecule has 4 N–H and O–H groups in total. The van der Waals surface area contributed by atoms with Gasteiger partial charge in [-0.3, -0.25) is 4.79 Å². The Morgan fingerprint density at radius 1 is 1.15 bits per heavy atom. The highest BCUT2D eigenvalue weighted by molar-refractivity contribution is 6.04. The molecule has 102 valence electrons. The molecule has 2 aromatic rings. The van der Waals surface area contributed by atoms with Crippen LogP contribution in [-0.2, 0) is 13.0 Å². The summed E-state index contributed by atoms with van der Waals surface area (Å²) in [4.78, 5) is 12.2. The highest BCUT2D eigenvalue weighted by atomic mass is 16.1. The van der Waals surface area contributed by atoms with Crippen LogP contribution in [0, 0.1) is 0 Å². The summed E-state index contributed by atoms with van der Waals surface area (Å²) < 4.78 is 0. The molecule has 1 aliphatic rings. The predicted octanol–water partition coefficient (Wildman–Crippen LogP) is 2.17. The normalized spacial score (nSPS) is 13.6. The molecular formula is C16H17N3O. The lowest BCUT2D eigenvalue weighted by molar-refractivity contribution is 0.102. The van der Waals surface area contributed by atoms with Gasteiger partial charge in [0.2, 0.25) is 0 Å². The Balaban J connectivity index is 1.80. The van der Waals surface area contributed by atoms with Gasteiger partial charge >= 0.3 is 0 Å². The first-order valence-corrected chi connectivity index (χ1v) is 6.72. The standard InChI is InChI=1S/C16H17N3O/c17-14-2-1-3-15(9-14)19-16(20)12-5-4-11-6-7-18-10-13(11)8-12/h1-5,8-9,18H,6-7,10,17H2,(H,19,20). The average molecular weight is 267 g/mol. The molecule has 4 heteroatoms. The van der Waals surface area contributed by atoms with E-state index in [0.717, 1.165) is 19.5 Å². The van der Waals surface area contributed by atoms with Crippen LogP contribution in [0.3, 0.4) is 0 Å². The van der Waals surface area contributed by atoms with E-state index in [1.807, 2.05) is 30.3 Å². The zero-order valence-electron chi connectivity index (χ0n) is 11.1. The third kappa shape index (κ3) is 2.65. The highest BCUT2D eigenvalue weighted by Gasteiger charge is 2.12. The van der Waals surface area contributed by atoms with Crippen molar-refractivity contribution in [2.45, 2.75) is 13.0 Å². The first-order valence-electron chi connectivity index (χ1n) is 6.72. The number of fused-ring (bicyclic) bond motifs is 1. The minimum atomic E-state index is -0.107. The summed E-state index contributed by atoms with van der Waals surface area (Å²) >= 11 is 0. The van der Waals surface area contributed by atoms with E-state index in [4.69, 9.17) is 5.73 Å². The highest BCUT2D eigenvalue weighted by Crippen LogP contribution is 2.18. The van der Waals surface area contributed by atoms with E-state index in [2.05, 4.69) is 10.6 Å². The molecule has 0 atom stereocenters. The predicted molar refractivity (Wildman–Crippen MR) is 80.7 cm³/mol. The summed E-state index contributed by atoms with van der Waals surface area (Å²) in [7, 11) is 0. The molecule has 0 aromatic heterocycles. The zero-order chi connectivity index (χ0) is 13.9. The van der Waals surface area contributed by atoms with E-state index in [-0.39, 0.29) is 5.91 Å². The summed E-state index contributed by atoms with van der Waals surface area (Å²) in [5.41, 5.74) is 10.3. The largest absolute Gasteiger partial charge is 0.399 e. The van der Waals surface area contributed by atoms with Gasteiger partial charge in [-0.25, -0.2) is 0 Å². The van der Waals surface area contributed by atoms with Crippen LogP contribution in [0.15, 0.2) is 42.5 Å². The second kappa shape index (κ2) is 5.35. The second-order valence-electron chi connectivity index (χ2n) is 4.99. The minimum Gasteiger partial charge on any atom is -0.399 e. The maximum atomic E-state index is 12.2. The number of rotatable bonds is 2. The van der Waals surface area contributed by atoms with E-state index < -0.39 is 0 Å². The lowest BCUT2D eigenvalue weighted by atomic mass is 9.98. The minimum absolute atomic E-state index is 0.107. The molecule has 3 rings (SSSR count). The maximum Gasteiger partial charge on any atom is 0.255 e. The number of nitrogens with one attached hydrogen (secondary N) is 2. The molecule has 20 heavy (non-hydrogen) atoms. The maximum absolute atomic E-state index is 12.2. The molecule has 1 amide bonds. The topological polar surface area (TPSA) is 67.1 Å². The summed E-state index contributed by atoms with van der Waals surface area (Å²) in [5.74, 6) is -0.107. The zero-order valence-corrected chi connectivity index (χ0v) is 11.1. The Morgan fingerprint density at radius 2 is 2.05 bits per heavy atom. The molecule has 4 nitrogen and oxygen atoms in total. The van der Waals surface area contributed by atoms with Crippen LogP contribution < -0.4 is 16.4 Å². The van der Waals surface area contributed by atoms with Crippen molar-refractivity contribution in [1.82, 2.24) is 5.32 Å². The molecule has 0 saturated carbocycles. The SMILES string of the molecule is Nc1cccc(NC(=O)c2ccc3c(c2)CNCC3)c1. The van der Waals surface area contributed by atoms with Crippen molar-refractivity contribution in [1.29, 1.82) is 0 Å². The van der Waals surface area contributed by atoms with Crippen LogP contribution >= 0.6 is 0 Å².